The van der Waals surface area contributed by atoms with Gasteiger partial charge in [0.05, 0.1) is 6.04 Å². The standard InChI is InChI=1S/C32H46N4O2/c1-16(2)34-15-23-14-26(35(8)9)24-12-22-13-25-30(36(10)11)31(37)29(21(7)33)20(6)32(25,38)19(5)28(22)18(4)27(24)17(23)3/h14,16,22,25,30,34,37-38H,4,6-7,12-13,15,33H2,1-3,5,8-11H3/t22-,25-,30?,32-/m0/s1. The number of anilines is 1. The van der Waals surface area contributed by atoms with Crippen molar-refractivity contribution in [1.82, 2.24) is 10.2 Å². The summed E-state index contributed by atoms with van der Waals surface area (Å²) in [6.45, 7) is 22.1. The van der Waals surface area contributed by atoms with Crippen molar-refractivity contribution in [3.8, 4) is 0 Å². The highest BCUT2D eigenvalue weighted by Crippen LogP contribution is 2.58. The molecule has 0 heterocycles. The Labute approximate surface area is 228 Å². The molecule has 3 aliphatic rings. The number of aliphatic hydroxyl groups is 2. The molecule has 5 N–H and O–H groups in total. The minimum atomic E-state index is -1.36. The fourth-order valence-electron chi connectivity index (χ4n) is 7.26. The molecule has 1 aromatic carbocycles. The molecular formula is C32H46N4O2. The molecule has 1 unspecified atom stereocenters. The Bertz CT molecular complexity index is 1280. The van der Waals surface area contributed by atoms with Gasteiger partial charge >= 0.3 is 0 Å². The topological polar surface area (TPSA) is 85.0 Å². The Balaban J connectivity index is 1.95. The van der Waals surface area contributed by atoms with Gasteiger partial charge in [0, 0.05) is 49.6 Å². The predicted molar refractivity (Wildman–Crippen MR) is 159 cm³/mol. The van der Waals surface area contributed by atoms with Gasteiger partial charge in [-0.2, -0.15) is 0 Å². The molecule has 0 saturated carbocycles. The van der Waals surface area contributed by atoms with Crippen LogP contribution in [0.1, 0.15) is 49.4 Å². The first-order valence-corrected chi connectivity index (χ1v) is 13.6. The third-order valence-corrected chi connectivity index (χ3v) is 9.05. The number of nitrogens with one attached hydrogen (secondary N) is 1. The Morgan fingerprint density at radius 1 is 1.21 bits per heavy atom. The van der Waals surface area contributed by atoms with Crippen molar-refractivity contribution in [2.45, 2.75) is 64.8 Å². The zero-order valence-electron chi connectivity index (χ0n) is 24.5. The number of likely N-dealkylation sites (N-methyl/N-ethyl adjacent to an activating group) is 1. The summed E-state index contributed by atoms with van der Waals surface area (Å²) < 4.78 is 0. The first-order valence-electron chi connectivity index (χ1n) is 13.6. The lowest BCUT2D eigenvalue weighted by molar-refractivity contribution is -0.0178. The van der Waals surface area contributed by atoms with E-state index in [2.05, 4.69) is 70.9 Å². The van der Waals surface area contributed by atoms with Crippen LogP contribution < -0.4 is 16.0 Å². The molecule has 206 valence electrons. The third kappa shape index (κ3) is 4.05. The molecule has 0 bridgehead atoms. The van der Waals surface area contributed by atoms with E-state index in [1.807, 2.05) is 25.9 Å². The van der Waals surface area contributed by atoms with Gasteiger partial charge in [0.25, 0.3) is 0 Å². The van der Waals surface area contributed by atoms with Gasteiger partial charge in [0.15, 0.2) is 0 Å². The molecule has 6 heteroatoms. The monoisotopic (exact) mass is 518 g/mol. The molecule has 0 radical (unpaired) electrons. The second-order valence-corrected chi connectivity index (χ2v) is 12.2. The fraction of sp³-hybridized carbons (Fsp3) is 0.500. The van der Waals surface area contributed by atoms with Crippen molar-refractivity contribution in [3.05, 3.63) is 81.8 Å². The number of hydrogen-bond donors (Lipinski definition) is 4. The van der Waals surface area contributed by atoms with Crippen molar-refractivity contribution >= 4 is 11.3 Å². The van der Waals surface area contributed by atoms with E-state index in [1.165, 1.54) is 27.9 Å². The van der Waals surface area contributed by atoms with E-state index in [9.17, 15) is 10.2 Å². The maximum Gasteiger partial charge on any atom is 0.119 e. The first-order chi connectivity index (χ1) is 17.6. The van der Waals surface area contributed by atoms with E-state index >= 15 is 0 Å². The molecule has 38 heavy (non-hydrogen) atoms. The van der Waals surface area contributed by atoms with E-state index < -0.39 is 11.6 Å². The van der Waals surface area contributed by atoms with Crippen LogP contribution in [0.3, 0.4) is 0 Å². The molecule has 0 aromatic heterocycles. The quantitative estimate of drug-likeness (QED) is 0.441. The van der Waals surface area contributed by atoms with E-state index in [0.29, 0.717) is 23.6 Å². The number of rotatable bonds is 6. The molecule has 0 saturated heterocycles. The van der Waals surface area contributed by atoms with Crippen molar-refractivity contribution in [3.63, 3.8) is 0 Å². The van der Waals surface area contributed by atoms with Gasteiger partial charge in [-0.1, -0.05) is 33.6 Å². The normalized spacial score (nSPS) is 27.1. The van der Waals surface area contributed by atoms with Crippen LogP contribution >= 0.6 is 0 Å². The van der Waals surface area contributed by atoms with Gasteiger partial charge in [-0.3, -0.25) is 4.90 Å². The minimum Gasteiger partial charge on any atom is -0.510 e. The van der Waals surface area contributed by atoms with Gasteiger partial charge in [0.1, 0.15) is 11.4 Å². The summed E-state index contributed by atoms with van der Waals surface area (Å²) in [6, 6.07) is 2.29. The van der Waals surface area contributed by atoms with Gasteiger partial charge in [0.2, 0.25) is 0 Å². The predicted octanol–water partition coefficient (Wildman–Crippen LogP) is 4.60. The van der Waals surface area contributed by atoms with E-state index in [-0.39, 0.29) is 23.3 Å². The maximum absolute atomic E-state index is 12.5. The second kappa shape index (κ2) is 9.74. The zero-order chi connectivity index (χ0) is 28.4. The summed E-state index contributed by atoms with van der Waals surface area (Å²) >= 11 is 0. The van der Waals surface area contributed by atoms with Gasteiger partial charge in [-0.25, -0.2) is 0 Å². The molecule has 1 aromatic rings. The largest absolute Gasteiger partial charge is 0.510 e. The number of benzene rings is 1. The van der Waals surface area contributed by atoms with Crippen molar-refractivity contribution in [1.29, 1.82) is 0 Å². The van der Waals surface area contributed by atoms with Crippen LogP contribution in [0, 0.1) is 18.8 Å². The number of hydrogen-bond acceptors (Lipinski definition) is 6. The molecule has 4 rings (SSSR count). The van der Waals surface area contributed by atoms with Crippen LogP contribution in [0.4, 0.5) is 5.69 Å². The highest BCUT2D eigenvalue weighted by molar-refractivity contribution is 5.88. The number of fused-ring (bicyclic) bond motifs is 3. The Kier molecular flexibility index (Phi) is 7.23. The van der Waals surface area contributed by atoms with Crippen LogP contribution in [0.25, 0.3) is 5.57 Å². The molecule has 3 aliphatic carbocycles. The lowest BCUT2D eigenvalue weighted by Crippen LogP contribution is -2.58. The van der Waals surface area contributed by atoms with E-state index in [4.69, 9.17) is 5.73 Å². The van der Waals surface area contributed by atoms with Gasteiger partial charge < -0.3 is 26.2 Å². The number of nitrogens with zero attached hydrogens (tertiary/aromatic N) is 2. The maximum atomic E-state index is 12.5. The highest BCUT2D eigenvalue weighted by Gasteiger charge is 2.57. The SMILES string of the molecule is C=C(N)C1=C(O)C(N(C)C)[C@@H]2C[C@@H]3Cc4c(N(C)C)cc(CNC(C)C)c(C)c4C(=C)C3=C(C)[C@]2(O)C1=C. The Morgan fingerprint density at radius 3 is 2.37 bits per heavy atom. The molecular weight excluding hydrogens is 472 g/mol. The van der Waals surface area contributed by atoms with Crippen molar-refractivity contribution < 1.29 is 10.2 Å². The van der Waals surface area contributed by atoms with E-state index in [1.54, 1.807) is 0 Å². The smallest absolute Gasteiger partial charge is 0.119 e. The molecule has 6 nitrogen and oxygen atoms in total. The number of allylic oxidation sites excluding steroid dienone is 3. The van der Waals surface area contributed by atoms with Crippen molar-refractivity contribution in [2.75, 3.05) is 33.1 Å². The fourth-order valence-corrected chi connectivity index (χ4v) is 7.26. The highest BCUT2D eigenvalue weighted by atomic mass is 16.3. The summed E-state index contributed by atoms with van der Waals surface area (Å²) in [7, 11) is 8.05. The average molecular weight is 519 g/mol. The number of aliphatic hydroxyl groups excluding tert-OH is 1. The number of nitrogens with two attached hydrogens (primary N) is 1. The second-order valence-electron chi connectivity index (χ2n) is 12.2. The summed E-state index contributed by atoms with van der Waals surface area (Å²) in [5.41, 5.74) is 15.0. The van der Waals surface area contributed by atoms with Crippen molar-refractivity contribution in [2.24, 2.45) is 17.6 Å². The van der Waals surface area contributed by atoms with E-state index in [0.717, 1.165) is 29.7 Å². The van der Waals surface area contributed by atoms with Crippen LogP contribution in [-0.2, 0) is 13.0 Å². The van der Waals surface area contributed by atoms with Crippen LogP contribution in [0.5, 0.6) is 0 Å². The Hall–Kier alpha value is -2.80. The summed E-state index contributed by atoms with van der Waals surface area (Å²) in [6.07, 6.45) is 1.55. The summed E-state index contributed by atoms with van der Waals surface area (Å²) in [4.78, 5) is 4.16. The van der Waals surface area contributed by atoms with Crippen LogP contribution in [0.15, 0.2) is 59.6 Å². The molecule has 4 atom stereocenters. The van der Waals surface area contributed by atoms with Gasteiger partial charge in [-0.15, -0.1) is 0 Å². The summed E-state index contributed by atoms with van der Waals surface area (Å²) in [5.74, 6) is 0.0268. The molecule has 0 aliphatic heterocycles. The summed E-state index contributed by atoms with van der Waals surface area (Å²) in [5, 5.41) is 27.4. The molecule has 0 spiro atoms. The minimum absolute atomic E-state index is 0.139. The molecule has 0 amide bonds. The zero-order valence-corrected chi connectivity index (χ0v) is 24.5. The van der Waals surface area contributed by atoms with Gasteiger partial charge in [-0.05, 0) is 97.3 Å². The lowest BCUT2D eigenvalue weighted by Gasteiger charge is -2.54. The third-order valence-electron chi connectivity index (χ3n) is 9.05. The lowest BCUT2D eigenvalue weighted by atomic mass is 9.55. The molecule has 0 fully saturated rings. The first kappa shape index (κ1) is 28.2. The van der Waals surface area contributed by atoms with Crippen LogP contribution in [-0.4, -0.2) is 61.0 Å². The Morgan fingerprint density at radius 2 is 1.84 bits per heavy atom. The van der Waals surface area contributed by atoms with Crippen LogP contribution in [0.2, 0.25) is 0 Å². The average Bonchev–Trinajstić information content (AvgIpc) is 2.80.